The van der Waals surface area contributed by atoms with Crippen molar-refractivity contribution in [1.82, 2.24) is 9.78 Å². The second-order valence-electron chi connectivity index (χ2n) is 4.22. The van der Waals surface area contributed by atoms with Gasteiger partial charge in [-0.15, -0.1) is 0 Å². The van der Waals surface area contributed by atoms with Gasteiger partial charge >= 0.3 is 0 Å². The number of hydrogen-bond donors (Lipinski definition) is 2. The van der Waals surface area contributed by atoms with E-state index in [1.807, 2.05) is 13.2 Å². The molecular formula is C10H17N3O2. The van der Waals surface area contributed by atoms with Crippen LogP contribution in [0.3, 0.4) is 0 Å². The molecule has 84 valence electrons. The monoisotopic (exact) mass is 211 g/mol. The van der Waals surface area contributed by atoms with E-state index in [1.54, 1.807) is 10.9 Å². The van der Waals surface area contributed by atoms with Crippen LogP contribution in [0.1, 0.15) is 18.1 Å². The molecule has 0 radical (unpaired) electrons. The second-order valence-corrected chi connectivity index (χ2v) is 4.22. The van der Waals surface area contributed by atoms with Crippen molar-refractivity contribution in [2.24, 2.45) is 18.2 Å². The minimum atomic E-state index is -0.585. The summed E-state index contributed by atoms with van der Waals surface area (Å²) in [5.41, 5.74) is 6.23. The third-order valence-electron chi connectivity index (χ3n) is 3.16. The van der Waals surface area contributed by atoms with Crippen molar-refractivity contribution in [2.75, 3.05) is 19.8 Å². The number of ether oxygens (including phenoxy) is 1. The van der Waals surface area contributed by atoms with Crippen LogP contribution in [-0.4, -0.2) is 34.6 Å². The summed E-state index contributed by atoms with van der Waals surface area (Å²) in [5.74, 6) is 0. The first-order valence-electron chi connectivity index (χ1n) is 5.12. The van der Waals surface area contributed by atoms with Crippen LogP contribution in [0.2, 0.25) is 0 Å². The van der Waals surface area contributed by atoms with Crippen molar-refractivity contribution in [2.45, 2.75) is 12.5 Å². The summed E-state index contributed by atoms with van der Waals surface area (Å²) in [6, 6.07) is 0. The first kappa shape index (κ1) is 10.6. The number of aryl methyl sites for hydroxylation is 1. The quantitative estimate of drug-likeness (QED) is 0.727. The number of nitrogens with zero attached hydrogens (tertiary/aromatic N) is 2. The first-order valence-corrected chi connectivity index (χ1v) is 5.12. The van der Waals surface area contributed by atoms with Crippen LogP contribution in [0.4, 0.5) is 0 Å². The van der Waals surface area contributed by atoms with Crippen LogP contribution < -0.4 is 5.73 Å². The van der Waals surface area contributed by atoms with Crippen molar-refractivity contribution in [3.05, 3.63) is 18.0 Å². The van der Waals surface area contributed by atoms with Gasteiger partial charge in [0.15, 0.2) is 0 Å². The fraction of sp³-hybridized carbons (Fsp3) is 0.700. The summed E-state index contributed by atoms with van der Waals surface area (Å²) >= 11 is 0. The molecule has 1 saturated heterocycles. The largest absolute Gasteiger partial charge is 0.388 e. The van der Waals surface area contributed by atoms with E-state index in [4.69, 9.17) is 10.5 Å². The summed E-state index contributed by atoms with van der Waals surface area (Å²) in [7, 11) is 1.83. The van der Waals surface area contributed by atoms with Gasteiger partial charge in [0.25, 0.3) is 0 Å². The van der Waals surface area contributed by atoms with Crippen LogP contribution in [0.15, 0.2) is 12.4 Å². The van der Waals surface area contributed by atoms with Gasteiger partial charge in [0.05, 0.1) is 18.9 Å². The lowest BCUT2D eigenvalue weighted by Crippen LogP contribution is -2.37. The van der Waals surface area contributed by atoms with Gasteiger partial charge in [0.2, 0.25) is 0 Å². The predicted octanol–water partition coefficient (Wildman–Crippen LogP) is -0.181. The Balaban J connectivity index is 2.21. The molecule has 2 atom stereocenters. The zero-order valence-corrected chi connectivity index (χ0v) is 8.89. The highest BCUT2D eigenvalue weighted by Gasteiger charge is 2.41. The molecule has 15 heavy (non-hydrogen) atoms. The number of aromatic nitrogens is 2. The lowest BCUT2D eigenvalue weighted by atomic mass is 9.79. The van der Waals surface area contributed by atoms with Gasteiger partial charge in [-0.2, -0.15) is 5.10 Å². The van der Waals surface area contributed by atoms with Gasteiger partial charge < -0.3 is 15.6 Å². The average molecular weight is 211 g/mol. The number of hydrogen-bond acceptors (Lipinski definition) is 4. The molecule has 0 aliphatic carbocycles. The van der Waals surface area contributed by atoms with Crippen molar-refractivity contribution in [3.63, 3.8) is 0 Å². The first-order chi connectivity index (χ1) is 7.18. The second kappa shape index (κ2) is 3.92. The molecule has 1 aliphatic heterocycles. The molecule has 0 amide bonds. The summed E-state index contributed by atoms with van der Waals surface area (Å²) in [6.07, 6.45) is 3.72. The Morgan fingerprint density at radius 2 is 2.60 bits per heavy atom. The number of aliphatic hydroxyl groups is 1. The van der Waals surface area contributed by atoms with E-state index in [0.29, 0.717) is 19.8 Å². The van der Waals surface area contributed by atoms with E-state index in [2.05, 4.69) is 5.10 Å². The molecule has 0 aromatic carbocycles. The van der Waals surface area contributed by atoms with Gasteiger partial charge in [-0.1, -0.05) is 0 Å². The molecule has 1 aromatic heterocycles. The minimum Gasteiger partial charge on any atom is -0.388 e. The van der Waals surface area contributed by atoms with Crippen LogP contribution in [0.5, 0.6) is 0 Å². The van der Waals surface area contributed by atoms with E-state index < -0.39 is 6.10 Å². The third-order valence-corrected chi connectivity index (χ3v) is 3.16. The molecule has 2 heterocycles. The fourth-order valence-electron chi connectivity index (χ4n) is 2.05. The molecule has 2 rings (SSSR count). The van der Waals surface area contributed by atoms with E-state index in [0.717, 1.165) is 12.0 Å². The van der Waals surface area contributed by atoms with Crippen molar-refractivity contribution >= 4 is 0 Å². The lowest BCUT2D eigenvalue weighted by Gasteiger charge is -2.30. The van der Waals surface area contributed by atoms with Crippen LogP contribution in [0.25, 0.3) is 0 Å². The molecule has 1 aromatic rings. The van der Waals surface area contributed by atoms with Gasteiger partial charge in [-0.25, -0.2) is 0 Å². The lowest BCUT2D eigenvalue weighted by molar-refractivity contribution is 0.0190. The van der Waals surface area contributed by atoms with E-state index in [-0.39, 0.29) is 5.41 Å². The van der Waals surface area contributed by atoms with Crippen LogP contribution in [-0.2, 0) is 11.8 Å². The summed E-state index contributed by atoms with van der Waals surface area (Å²) in [6.45, 7) is 1.64. The topological polar surface area (TPSA) is 73.3 Å². The molecule has 2 unspecified atom stereocenters. The molecule has 0 spiro atoms. The Kier molecular flexibility index (Phi) is 2.77. The van der Waals surface area contributed by atoms with Crippen LogP contribution in [0, 0.1) is 5.41 Å². The van der Waals surface area contributed by atoms with Gasteiger partial charge in [0, 0.05) is 37.4 Å². The Bertz CT molecular complexity index is 331. The van der Waals surface area contributed by atoms with Crippen molar-refractivity contribution in [1.29, 1.82) is 0 Å². The van der Waals surface area contributed by atoms with E-state index in [9.17, 15) is 5.11 Å². The highest BCUT2D eigenvalue weighted by Crippen LogP contribution is 2.39. The van der Waals surface area contributed by atoms with Gasteiger partial charge in [-0.3, -0.25) is 4.68 Å². The van der Waals surface area contributed by atoms with Gasteiger partial charge in [0.1, 0.15) is 0 Å². The number of nitrogens with two attached hydrogens (primary N) is 1. The molecule has 1 fully saturated rings. The molecular weight excluding hydrogens is 194 g/mol. The zero-order chi connectivity index (χ0) is 10.9. The SMILES string of the molecule is Cn1cc(C(O)C2(CN)CCOC2)cn1. The van der Waals surface area contributed by atoms with Crippen molar-refractivity contribution in [3.8, 4) is 0 Å². The third kappa shape index (κ3) is 1.78. The molecule has 3 N–H and O–H groups in total. The smallest absolute Gasteiger partial charge is 0.0911 e. The maximum absolute atomic E-state index is 10.3. The molecule has 0 saturated carbocycles. The average Bonchev–Trinajstić information content (AvgIpc) is 2.86. The number of aliphatic hydroxyl groups excluding tert-OH is 1. The van der Waals surface area contributed by atoms with Gasteiger partial charge in [-0.05, 0) is 6.42 Å². The number of rotatable bonds is 3. The standard InChI is InChI=1S/C10H17N3O2/c1-13-5-8(4-12-13)9(14)10(6-11)2-3-15-7-10/h4-5,9,14H,2-3,6-7,11H2,1H3. The fourth-order valence-corrected chi connectivity index (χ4v) is 2.05. The Morgan fingerprint density at radius 3 is 3.07 bits per heavy atom. The van der Waals surface area contributed by atoms with Crippen molar-refractivity contribution < 1.29 is 9.84 Å². The maximum Gasteiger partial charge on any atom is 0.0911 e. The maximum atomic E-state index is 10.3. The molecule has 0 bridgehead atoms. The summed E-state index contributed by atoms with van der Waals surface area (Å²) in [4.78, 5) is 0. The normalized spacial score (nSPS) is 28.2. The zero-order valence-electron chi connectivity index (χ0n) is 8.89. The summed E-state index contributed by atoms with van der Waals surface area (Å²) < 4.78 is 7.01. The molecule has 5 nitrogen and oxygen atoms in total. The predicted molar refractivity (Wildman–Crippen MR) is 55.1 cm³/mol. The Labute approximate surface area is 88.8 Å². The molecule has 5 heteroatoms. The Morgan fingerprint density at radius 1 is 1.80 bits per heavy atom. The van der Waals surface area contributed by atoms with E-state index in [1.165, 1.54) is 0 Å². The Hall–Kier alpha value is -0.910. The highest BCUT2D eigenvalue weighted by molar-refractivity contribution is 5.13. The molecule has 1 aliphatic rings. The van der Waals surface area contributed by atoms with E-state index >= 15 is 0 Å². The highest BCUT2D eigenvalue weighted by atomic mass is 16.5. The van der Waals surface area contributed by atoms with Crippen LogP contribution >= 0.6 is 0 Å². The minimum absolute atomic E-state index is 0.330. The summed E-state index contributed by atoms with van der Waals surface area (Å²) in [5, 5.41) is 14.3.